The lowest BCUT2D eigenvalue weighted by molar-refractivity contribution is -0.126. The number of nitrogens with one attached hydrogen (secondary N) is 2. The lowest BCUT2D eigenvalue weighted by Gasteiger charge is -2.35. The summed E-state index contributed by atoms with van der Waals surface area (Å²) in [7, 11) is 3.78. The molecule has 0 saturated carbocycles. The van der Waals surface area contributed by atoms with E-state index in [0.717, 1.165) is 48.5 Å². The number of benzene rings is 1. The third-order valence-electron chi connectivity index (χ3n) is 4.80. The van der Waals surface area contributed by atoms with Gasteiger partial charge < -0.3 is 19.9 Å². The molecule has 0 radical (unpaired) electrons. The molecule has 1 aromatic heterocycles. The Morgan fingerprint density at radius 2 is 2.04 bits per heavy atom. The van der Waals surface area contributed by atoms with E-state index in [1.165, 1.54) is 0 Å². The van der Waals surface area contributed by atoms with Crippen LogP contribution in [0.3, 0.4) is 0 Å². The van der Waals surface area contributed by atoms with Crippen molar-refractivity contribution in [1.82, 2.24) is 20.1 Å². The van der Waals surface area contributed by atoms with Crippen molar-refractivity contribution >= 4 is 16.8 Å². The molecule has 2 N–H and O–H groups in total. The molecule has 0 aliphatic carbocycles. The summed E-state index contributed by atoms with van der Waals surface area (Å²) >= 11 is 0. The molecule has 2 aromatic rings. The highest BCUT2D eigenvalue weighted by Crippen LogP contribution is 2.21. The molecule has 1 fully saturated rings. The van der Waals surface area contributed by atoms with Gasteiger partial charge in [0.1, 0.15) is 5.75 Å². The molecule has 1 aliphatic heterocycles. The van der Waals surface area contributed by atoms with Gasteiger partial charge in [0.15, 0.2) is 0 Å². The Balaban J connectivity index is 1.57. The second-order valence-electron chi connectivity index (χ2n) is 6.48. The van der Waals surface area contributed by atoms with Gasteiger partial charge in [-0.05, 0) is 38.2 Å². The lowest BCUT2D eigenvalue weighted by Crippen LogP contribution is -2.52. The number of H-pyrrole nitrogens is 1. The first-order valence-corrected chi connectivity index (χ1v) is 8.43. The summed E-state index contributed by atoms with van der Waals surface area (Å²) in [6.45, 7) is 6.40. The number of methoxy groups -OCH3 is 1. The first kappa shape index (κ1) is 16.8. The average Bonchev–Trinajstić information content (AvgIpc) is 3.01. The van der Waals surface area contributed by atoms with Crippen molar-refractivity contribution < 1.29 is 9.53 Å². The number of nitrogens with zero attached hydrogens (tertiary/aromatic N) is 2. The fourth-order valence-electron chi connectivity index (χ4n) is 3.10. The summed E-state index contributed by atoms with van der Waals surface area (Å²) in [6, 6.07) is 7.87. The van der Waals surface area contributed by atoms with Crippen LogP contribution >= 0.6 is 0 Å². The maximum atomic E-state index is 12.4. The molecule has 1 aromatic carbocycles. The highest BCUT2D eigenvalue weighted by atomic mass is 16.5. The molecule has 0 spiro atoms. The number of hydrogen-bond acceptors (Lipinski definition) is 4. The summed E-state index contributed by atoms with van der Waals surface area (Å²) < 4.78 is 5.24. The minimum Gasteiger partial charge on any atom is -0.497 e. The Labute approximate surface area is 142 Å². The molecule has 130 valence electrons. The van der Waals surface area contributed by atoms with Crippen LogP contribution in [0.2, 0.25) is 0 Å². The number of hydrogen-bond donors (Lipinski definition) is 2. The number of likely N-dealkylation sites (N-methyl/N-ethyl adjacent to an activating group) is 1. The SMILES string of the molecule is COc1ccc2[nH]c(CNC(=O)[C@@H](C)N3CCN(C)CC3)cc2c1. The fourth-order valence-corrected chi connectivity index (χ4v) is 3.10. The molecule has 6 heteroatoms. The van der Waals surface area contributed by atoms with Crippen LogP contribution in [-0.2, 0) is 11.3 Å². The molecule has 1 saturated heterocycles. The Hall–Kier alpha value is -2.05. The smallest absolute Gasteiger partial charge is 0.237 e. The van der Waals surface area contributed by atoms with Gasteiger partial charge in [-0.2, -0.15) is 0 Å². The van der Waals surface area contributed by atoms with Crippen LogP contribution in [-0.4, -0.2) is 67.1 Å². The minimum absolute atomic E-state index is 0.0794. The molecule has 3 rings (SSSR count). The molecule has 6 nitrogen and oxygen atoms in total. The Bertz CT molecular complexity index is 704. The van der Waals surface area contributed by atoms with E-state index in [9.17, 15) is 4.79 Å². The molecular formula is C18H26N4O2. The van der Waals surface area contributed by atoms with Crippen LogP contribution < -0.4 is 10.1 Å². The van der Waals surface area contributed by atoms with Crippen LogP contribution in [0, 0.1) is 0 Å². The number of amides is 1. The number of ether oxygens (including phenoxy) is 1. The molecular weight excluding hydrogens is 304 g/mol. The van der Waals surface area contributed by atoms with Crippen molar-refractivity contribution in [3.63, 3.8) is 0 Å². The average molecular weight is 330 g/mol. The zero-order valence-electron chi connectivity index (χ0n) is 14.6. The number of piperazine rings is 1. The van der Waals surface area contributed by atoms with Crippen molar-refractivity contribution in [2.24, 2.45) is 0 Å². The number of aromatic amines is 1. The van der Waals surface area contributed by atoms with Crippen LogP contribution in [0.25, 0.3) is 10.9 Å². The number of fused-ring (bicyclic) bond motifs is 1. The van der Waals surface area contributed by atoms with Gasteiger partial charge in [-0.1, -0.05) is 0 Å². The van der Waals surface area contributed by atoms with E-state index in [4.69, 9.17) is 4.74 Å². The molecule has 1 aliphatic rings. The maximum absolute atomic E-state index is 12.4. The predicted octanol–water partition coefficient (Wildman–Crippen LogP) is 1.43. The first-order valence-electron chi connectivity index (χ1n) is 8.43. The Morgan fingerprint density at radius 3 is 2.75 bits per heavy atom. The van der Waals surface area contributed by atoms with E-state index in [0.29, 0.717) is 6.54 Å². The predicted molar refractivity (Wildman–Crippen MR) is 95.2 cm³/mol. The largest absolute Gasteiger partial charge is 0.497 e. The van der Waals surface area contributed by atoms with Gasteiger partial charge in [0.05, 0.1) is 19.7 Å². The van der Waals surface area contributed by atoms with Gasteiger partial charge in [0, 0.05) is 42.8 Å². The van der Waals surface area contributed by atoms with Gasteiger partial charge in [-0.15, -0.1) is 0 Å². The summed E-state index contributed by atoms with van der Waals surface area (Å²) in [5.41, 5.74) is 2.05. The highest BCUT2D eigenvalue weighted by Gasteiger charge is 2.24. The van der Waals surface area contributed by atoms with Crippen LogP contribution in [0.1, 0.15) is 12.6 Å². The van der Waals surface area contributed by atoms with E-state index in [2.05, 4.69) is 33.2 Å². The molecule has 1 amide bonds. The highest BCUT2D eigenvalue weighted by molar-refractivity contribution is 5.83. The van der Waals surface area contributed by atoms with E-state index >= 15 is 0 Å². The van der Waals surface area contributed by atoms with Gasteiger partial charge in [-0.3, -0.25) is 9.69 Å². The summed E-state index contributed by atoms with van der Waals surface area (Å²) in [6.07, 6.45) is 0. The van der Waals surface area contributed by atoms with Gasteiger partial charge in [0.2, 0.25) is 5.91 Å². The van der Waals surface area contributed by atoms with Gasteiger partial charge in [0.25, 0.3) is 0 Å². The lowest BCUT2D eigenvalue weighted by atomic mass is 10.2. The summed E-state index contributed by atoms with van der Waals surface area (Å²) in [4.78, 5) is 20.3. The van der Waals surface area contributed by atoms with Crippen molar-refractivity contribution in [1.29, 1.82) is 0 Å². The second kappa shape index (κ2) is 7.23. The normalized spacial score (nSPS) is 17.8. The molecule has 0 bridgehead atoms. The first-order chi connectivity index (χ1) is 11.6. The van der Waals surface area contributed by atoms with E-state index in [1.807, 2.05) is 25.1 Å². The Morgan fingerprint density at radius 1 is 1.29 bits per heavy atom. The van der Waals surface area contributed by atoms with E-state index in [1.54, 1.807) is 7.11 Å². The van der Waals surface area contributed by atoms with Gasteiger partial charge >= 0.3 is 0 Å². The molecule has 1 atom stereocenters. The third kappa shape index (κ3) is 3.71. The number of carbonyl (C=O) groups excluding carboxylic acids is 1. The molecule has 2 heterocycles. The minimum atomic E-state index is -0.0943. The third-order valence-corrected chi connectivity index (χ3v) is 4.80. The van der Waals surface area contributed by atoms with Crippen molar-refractivity contribution in [3.8, 4) is 5.75 Å². The van der Waals surface area contributed by atoms with E-state index in [-0.39, 0.29) is 11.9 Å². The maximum Gasteiger partial charge on any atom is 0.237 e. The fraction of sp³-hybridized carbons (Fsp3) is 0.500. The molecule has 0 unspecified atom stereocenters. The van der Waals surface area contributed by atoms with Gasteiger partial charge in [-0.25, -0.2) is 0 Å². The Kier molecular flexibility index (Phi) is 5.06. The quantitative estimate of drug-likeness (QED) is 0.871. The monoisotopic (exact) mass is 330 g/mol. The second-order valence-corrected chi connectivity index (χ2v) is 6.48. The standard InChI is InChI=1S/C18H26N4O2/c1-13(22-8-6-21(2)7-9-22)18(23)19-12-15-10-14-11-16(24-3)4-5-17(14)20-15/h4-5,10-11,13,20H,6-9,12H2,1-3H3,(H,19,23)/t13-/m1/s1. The van der Waals surface area contributed by atoms with Crippen molar-refractivity contribution in [2.75, 3.05) is 40.3 Å². The summed E-state index contributed by atoms with van der Waals surface area (Å²) in [5.74, 6) is 0.913. The van der Waals surface area contributed by atoms with Crippen molar-refractivity contribution in [3.05, 3.63) is 30.0 Å². The number of aromatic nitrogens is 1. The number of carbonyl (C=O) groups is 1. The van der Waals surface area contributed by atoms with Crippen LogP contribution in [0.5, 0.6) is 5.75 Å². The van der Waals surface area contributed by atoms with Crippen molar-refractivity contribution in [2.45, 2.75) is 19.5 Å². The van der Waals surface area contributed by atoms with E-state index < -0.39 is 0 Å². The zero-order valence-corrected chi connectivity index (χ0v) is 14.6. The van der Waals surface area contributed by atoms with Crippen LogP contribution in [0.4, 0.5) is 0 Å². The topological polar surface area (TPSA) is 60.6 Å². The van der Waals surface area contributed by atoms with Crippen LogP contribution in [0.15, 0.2) is 24.3 Å². The summed E-state index contributed by atoms with van der Waals surface area (Å²) in [5, 5.41) is 4.13. The number of rotatable bonds is 5. The molecule has 24 heavy (non-hydrogen) atoms. The zero-order chi connectivity index (χ0) is 17.1.